The van der Waals surface area contributed by atoms with Crippen LogP contribution in [-0.4, -0.2) is 92.0 Å². The van der Waals surface area contributed by atoms with Gasteiger partial charge in [-0.3, -0.25) is 19.3 Å². The summed E-state index contributed by atoms with van der Waals surface area (Å²) in [4.78, 5) is 50.4. The van der Waals surface area contributed by atoms with Gasteiger partial charge in [0.25, 0.3) is 17.7 Å². The lowest BCUT2D eigenvalue weighted by Crippen LogP contribution is -2.41. The Morgan fingerprint density at radius 2 is 1.67 bits per heavy atom. The fraction of sp³-hybridized carbons (Fsp3) is 0.351. The Balaban J connectivity index is 1.32. The second-order valence-corrected chi connectivity index (χ2v) is 12.9. The number of ether oxygens (including phenoxy) is 1. The van der Waals surface area contributed by atoms with Gasteiger partial charge in [-0.15, -0.1) is 11.3 Å². The van der Waals surface area contributed by atoms with Gasteiger partial charge in [0.05, 0.1) is 24.5 Å². The number of amides is 3. The molecule has 2 N–H and O–H groups in total. The Bertz CT molecular complexity index is 1840. The number of carbonyl (C=O) groups is 3. The molecule has 0 unspecified atom stereocenters. The number of nitrogens with zero attached hydrogens (tertiary/aromatic N) is 4. The molecule has 0 radical (unpaired) electrons. The predicted octanol–water partition coefficient (Wildman–Crippen LogP) is 6.26. The molecule has 1 fully saturated rings. The Kier molecular flexibility index (Phi) is 12.4. The Morgan fingerprint density at radius 3 is 2.39 bits per heavy atom. The topological polar surface area (TPSA) is 107 Å². The number of anilines is 2. The minimum absolute atomic E-state index is 0.0939. The first kappa shape index (κ1) is 37.5. The van der Waals surface area contributed by atoms with E-state index in [1.165, 1.54) is 23.5 Å². The van der Waals surface area contributed by atoms with E-state index in [1.54, 1.807) is 47.7 Å². The molecule has 4 aromatic rings. The normalized spacial score (nSPS) is 13.5. The monoisotopic (exact) mass is 722 g/mol. The van der Waals surface area contributed by atoms with Crippen LogP contribution in [0.3, 0.4) is 0 Å². The van der Waals surface area contributed by atoms with E-state index in [-0.39, 0.29) is 18.1 Å². The van der Waals surface area contributed by atoms with E-state index in [4.69, 9.17) is 4.74 Å². The van der Waals surface area contributed by atoms with E-state index in [0.29, 0.717) is 52.7 Å². The highest BCUT2D eigenvalue weighted by molar-refractivity contribution is 7.13. The van der Waals surface area contributed by atoms with Gasteiger partial charge in [0.1, 0.15) is 10.7 Å². The molecule has 270 valence electrons. The van der Waals surface area contributed by atoms with E-state index in [2.05, 4.69) is 25.4 Å². The second-order valence-electron chi connectivity index (χ2n) is 12.0. The van der Waals surface area contributed by atoms with Gasteiger partial charge in [0.2, 0.25) is 0 Å². The molecule has 3 amide bonds. The van der Waals surface area contributed by atoms with E-state index < -0.39 is 23.6 Å². The average molecular weight is 723 g/mol. The standard InChI is InChI=1S/C37H41F3N6O4S/c1-4-46(5-2)29-12-13-31(42-33(47)26-9-7-10-27(21-26)36(49)44(3)14-15-45-16-18-50-19-17-45)30(22-29)35-43-32(24-51-35)34(48)41-23-25-8-6-11-28(20-25)37(38,39)40/h6-13,20-22,24H,4-5,14-19,23H2,1-3H3,(H,41,48)(H,42,47). The van der Waals surface area contributed by atoms with Crippen molar-refractivity contribution in [3.63, 3.8) is 0 Å². The van der Waals surface area contributed by atoms with Crippen LogP contribution in [0.15, 0.2) is 72.1 Å². The number of hydrogen-bond donors (Lipinski definition) is 2. The first-order valence-electron chi connectivity index (χ1n) is 16.7. The number of nitrogens with one attached hydrogen (secondary N) is 2. The number of halogens is 3. The van der Waals surface area contributed by atoms with Crippen LogP contribution >= 0.6 is 11.3 Å². The van der Waals surface area contributed by atoms with Crippen molar-refractivity contribution in [1.82, 2.24) is 20.1 Å². The van der Waals surface area contributed by atoms with Crippen molar-refractivity contribution in [1.29, 1.82) is 0 Å². The number of carbonyl (C=O) groups excluding carboxylic acids is 3. The van der Waals surface area contributed by atoms with Gasteiger partial charge in [-0.25, -0.2) is 4.98 Å². The van der Waals surface area contributed by atoms with Gasteiger partial charge in [-0.1, -0.05) is 18.2 Å². The van der Waals surface area contributed by atoms with E-state index in [1.807, 2.05) is 26.0 Å². The number of aromatic nitrogens is 1. The second kappa shape index (κ2) is 16.9. The summed E-state index contributed by atoms with van der Waals surface area (Å²) in [5, 5.41) is 7.64. The van der Waals surface area contributed by atoms with Crippen LogP contribution in [0.25, 0.3) is 10.6 Å². The minimum atomic E-state index is -4.49. The van der Waals surface area contributed by atoms with Gasteiger partial charge in [-0.05, 0) is 67.9 Å². The van der Waals surface area contributed by atoms with Crippen LogP contribution in [-0.2, 0) is 17.5 Å². The van der Waals surface area contributed by atoms with Crippen molar-refractivity contribution in [2.24, 2.45) is 0 Å². The predicted molar refractivity (Wildman–Crippen MR) is 192 cm³/mol. The van der Waals surface area contributed by atoms with Crippen LogP contribution in [0.2, 0.25) is 0 Å². The molecule has 51 heavy (non-hydrogen) atoms. The lowest BCUT2D eigenvalue weighted by atomic mass is 10.1. The smallest absolute Gasteiger partial charge is 0.379 e. The van der Waals surface area contributed by atoms with Gasteiger partial charge >= 0.3 is 6.18 Å². The summed E-state index contributed by atoms with van der Waals surface area (Å²) in [7, 11) is 1.74. The number of morpholine rings is 1. The molecule has 0 saturated carbocycles. The summed E-state index contributed by atoms with van der Waals surface area (Å²) in [5.41, 5.74) is 2.24. The van der Waals surface area contributed by atoms with Crippen LogP contribution in [0.4, 0.5) is 24.5 Å². The first-order valence-corrected chi connectivity index (χ1v) is 17.6. The van der Waals surface area contributed by atoms with Crippen molar-refractivity contribution >= 4 is 40.4 Å². The number of benzene rings is 3. The number of rotatable bonds is 13. The highest BCUT2D eigenvalue weighted by Gasteiger charge is 2.30. The lowest BCUT2D eigenvalue weighted by Gasteiger charge is -2.28. The summed E-state index contributed by atoms with van der Waals surface area (Å²) in [6.07, 6.45) is -4.49. The third-order valence-electron chi connectivity index (χ3n) is 8.63. The van der Waals surface area contributed by atoms with E-state index in [9.17, 15) is 27.6 Å². The highest BCUT2D eigenvalue weighted by Crippen LogP contribution is 2.35. The first-order chi connectivity index (χ1) is 24.5. The van der Waals surface area contributed by atoms with Gasteiger partial charge in [-0.2, -0.15) is 13.2 Å². The zero-order valence-corrected chi connectivity index (χ0v) is 29.6. The van der Waals surface area contributed by atoms with Crippen LogP contribution < -0.4 is 15.5 Å². The maximum atomic E-state index is 13.6. The molecular formula is C37H41F3N6O4S. The fourth-order valence-electron chi connectivity index (χ4n) is 5.66. The van der Waals surface area contributed by atoms with Crippen molar-refractivity contribution in [2.75, 3.05) is 69.7 Å². The molecule has 14 heteroatoms. The van der Waals surface area contributed by atoms with E-state index >= 15 is 0 Å². The van der Waals surface area contributed by atoms with Crippen molar-refractivity contribution in [3.8, 4) is 10.6 Å². The summed E-state index contributed by atoms with van der Waals surface area (Å²) in [6, 6.07) is 16.9. The summed E-state index contributed by atoms with van der Waals surface area (Å²) < 4.78 is 44.8. The molecule has 0 bridgehead atoms. The molecular weight excluding hydrogens is 682 g/mol. The third kappa shape index (κ3) is 9.72. The Labute approximate surface area is 299 Å². The molecule has 0 spiro atoms. The highest BCUT2D eigenvalue weighted by atomic mass is 32.1. The maximum Gasteiger partial charge on any atom is 0.416 e. The molecule has 3 aromatic carbocycles. The van der Waals surface area contributed by atoms with Crippen LogP contribution in [0.1, 0.15) is 56.2 Å². The molecule has 10 nitrogen and oxygen atoms in total. The number of likely N-dealkylation sites (N-methyl/N-ethyl adjacent to an activating group) is 1. The van der Waals surface area contributed by atoms with Crippen molar-refractivity contribution < 1.29 is 32.3 Å². The molecule has 1 aliphatic heterocycles. The van der Waals surface area contributed by atoms with E-state index in [0.717, 1.165) is 50.5 Å². The molecule has 1 aromatic heterocycles. The zero-order valence-electron chi connectivity index (χ0n) is 28.8. The average Bonchev–Trinajstić information content (AvgIpc) is 3.64. The quantitative estimate of drug-likeness (QED) is 0.168. The fourth-order valence-corrected chi connectivity index (χ4v) is 6.49. The molecule has 5 rings (SSSR count). The summed E-state index contributed by atoms with van der Waals surface area (Å²) in [5.74, 6) is -1.16. The molecule has 0 atom stereocenters. The number of alkyl halides is 3. The van der Waals surface area contributed by atoms with Crippen molar-refractivity contribution in [3.05, 3.63) is 100 Å². The zero-order chi connectivity index (χ0) is 36.5. The number of thiazole rings is 1. The van der Waals surface area contributed by atoms with Gasteiger partial charge in [0, 0.05) is 80.6 Å². The molecule has 1 aliphatic rings. The minimum Gasteiger partial charge on any atom is -0.379 e. The summed E-state index contributed by atoms with van der Waals surface area (Å²) in [6.45, 7) is 9.72. The van der Waals surface area contributed by atoms with Crippen molar-refractivity contribution in [2.45, 2.75) is 26.6 Å². The largest absolute Gasteiger partial charge is 0.416 e. The van der Waals surface area contributed by atoms with Gasteiger partial charge < -0.3 is 25.2 Å². The van der Waals surface area contributed by atoms with Crippen LogP contribution in [0.5, 0.6) is 0 Å². The number of hydrogen-bond acceptors (Lipinski definition) is 8. The Hall–Kier alpha value is -4.79. The third-order valence-corrected chi connectivity index (χ3v) is 9.50. The van der Waals surface area contributed by atoms with Crippen LogP contribution in [0, 0.1) is 0 Å². The Morgan fingerprint density at radius 1 is 0.941 bits per heavy atom. The molecule has 0 aliphatic carbocycles. The van der Waals surface area contributed by atoms with Gasteiger partial charge in [0.15, 0.2) is 0 Å². The molecule has 2 heterocycles. The maximum absolute atomic E-state index is 13.6. The SMILES string of the molecule is CCN(CC)c1ccc(NC(=O)c2cccc(C(=O)N(C)CCN3CCOCC3)c2)c(-c2nc(C(=O)NCc3cccc(C(F)(F)F)c3)cs2)c1. The lowest BCUT2D eigenvalue weighted by molar-refractivity contribution is -0.137. The molecule has 1 saturated heterocycles. The summed E-state index contributed by atoms with van der Waals surface area (Å²) >= 11 is 1.20.